The Bertz CT molecular complexity index is 1280. The summed E-state index contributed by atoms with van der Waals surface area (Å²) in [6, 6.07) is 18.4. The molecule has 0 aliphatic heterocycles. The van der Waals surface area contributed by atoms with E-state index in [1.165, 1.54) is 16.9 Å². The molecule has 0 fully saturated rings. The Morgan fingerprint density at radius 3 is 2.22 bits per heavy atom. The molecule has 0 atom stereocenters. The van der Waals surface area contributed by atoms with Gasteiger partial charge in [-0.25, -0.2) is 4.68 Å². The summed E-state index contributed by atoms with van der Waals surface area (Å²) in [5.74, 6) is -1.25. The van der Waals surface area contributed by atoms with Crippen molar-refractivity contribution in [3.8, 4) is 5.69 Å². The topological polar surface area (TPSA) is 132 Å². The van der Waals surface area contributed by atoms with Crippen LogP contribution in [0, 0.1) is 0 Å². The van der Waals surface area contributed by atoms with Gasteiger partial charge < -0.3 is 16.4 Å². The van der Waals surface area contributed by atoms with Crippen LogP contribution in [-0.4, -0.2) is 32.5 Å². The maximum Gasteiger partial charge on any atom is 0.269 e. The van der Waals surface area contributed by atoms with Gasteiger partial charge in [0.2, 0.25) is 0 Å². The normalized spacial score (nSPS) is 10.4. The summed E-state index contributed by atoms with van der Waals surface area (Å²) in [7, 11) is 0. The molecule has 3 amide bonds. The van der Waals surface area contributed by atoms with Gasteiger partial charge in [0.1, 0.15) is 5.69 Å². The molecule has 9 heteroatoms. The van der Waals surface area contributed by atoms with Gasteiger partial charge in [-0.05, 0) is 60.7 Å². The highest BCUT2D eigenvalue weighted by Crippen LogP contribution is 2.17. The quantitative estimate of drug-likeness (QED) is 0.436. The van der Waals surface area contributed by atoms with Gasteiger partial charge in [0.15, 0.2) is 0 Å². The van der Waals surface area contributed by atoms with Gasteiger partial charge in [-0.15, -0.1) is 0 Å². The van der Waals surface area contributed by atoms with Crippen molar-refractivity contribution >= 4 is 29.1 Å². The Labute approximate surface area is 182 Å². The predicted octanol–water partition coefficient (Wildman–Crippen LogP) is 2.87. The average molecular weight is 426 g/mol. The minimum absolute atomic E-state index is 0.165. The van der Waals surface area contributed by atoms with Gasteiger partial charge in [-0.1, -0.05) is 6.07 Å². The fourth-order valence-electron chi connectivity index (χ4n) is 2.94. The van der Waals surface area contributed by atoms with Crippen molar-refractivity contribution in [1.29, 1.82) is 0 Å². The van der Waals surface area contributed by atoms with Crippen molar-refractivity contribution in [2.45, 2.75) is 0 Å². The number of hydrogen-bond acceptors (Lipinski definition) is 5. The summed E-state index contributed by atoms with van der Waals surface area (Å²) >= 11 is 0. The number of rotatable bonds is 6. The first-order chi connectivity index (χ1) is 15.5. The van der Waals surface area contributed by atoms with Gasteiger partial charge in [0.25, 0.3) is 17.7 Å². The van der Waals surface area contributed by atoms with E-state index in [0.717, 1.165) is 0 Å². The molecule has 0 aliphatic carbocycles. The van der Waals surface area contributed by atoms with Crippen LogP contribution < -0.4 is 16.4 Å². The van der Waals surface area contributed by atoms with E-state index in [1.807, 2.05) is 0 Å². The van der Waals surface area contributed by atoms with Crippen LogP contribution in [0.1, 0.15) is 31.2 Å². The molecule has 0 bridgehead atoms. The Morgan fingerprint density at radius 2 is 1.53 bits per heavy atom. The molecule has 0 saturated carbocycles. The third-order valence-corrected chi connectivity index (χ3v) is 4.54. The lowest BCUT2D eigenvalue weighted by Gasteiger charge is -2.09. The molecule has 0 aliphatic rings. The highest BCUT2D eigenvalue weighted by atomic mass is 16.2. The van der Waals surface area contributed by atoms with E-state index in [2.05, 4.69) is 20.7 Å². The minimum Gasteiger partial charge on any atom is -0.364 e. The van der Waals surface area contributed by atoms with Crippen LogP contribution in [0.5, 0.6) is 0 Å². The summed E-state index contributed by atoms with van der Waals surface area (Å²) in [5, 5.41) is 9.65. The number of amides is 3. The summed E-state index contributed by atoms with van der Waals surface area (Å²) in [6.45, 7) is 0. The summed E-state index contributed by atoms with van der Waals surface area (Å²) in [4.78, 5) is 40.0. The summed E-state index contributed by atoms with van der Waals surface area (Å²) in [6.07, 6.45) is 4.67. The van der Waals surface area contributed by atoms with Gasteiger partial charge in [0, 0.05) is 35.5 Å². The van der Waals surface area contributed by atoms with Crippen LogP contribution in [0.4, 0.5) is 11.4 Å². The SMILES string of the molecule is NC(=O)c1ccn(-c2ccc(NC(=O)c3cccc(NC(=O)c4cccnc4)c3)cc2)n1. The molecular weight excluding hydrogens is 408 g/mol. The van der Waals surface area contributed by atoms with Crippen molar-refractivity contribution in [2.24, 2.45) is 5.73 Å². The number of carbonyl (C=O) groups excluding carboxylic acids is 3. The van der Waals surface area contributed by atoms with Gasteiger partial charge in [0.05, 0.1) is 11.3 Å². The van der Waals surface area contributed by atoms with Crippen LogP contribution in [0.2, 0.25) is 0 Å². The largest absolute Gasteiger partial charge is 0.364 e. The van der Waals surface area contributed by atoms with Gasteiger partial charge in [-0.2, -0.15) is 5.10 Å². The monoisotopic (exact) mass is 426 g/mol. The lowest BCUT2D eigenvalue weighted by molar-refractivity contribution is 0.0992. The van der Waals surface area contributed by atoms with Crippen LogP contribution in [0.3, 0.4) is 0 Å². The van der Waals surface area contributed by atoms with Crippen LogP contribution in [0.15, 0.2) is 85.3 Å². The van der Waals surface area contributed by atoms with Crippen LogP contribution >= 0.6 is 0 Å². The molecule has 4 N–H and O–H groups in total. The van der Waals surface area contributed by atoms with Crippen molar-refractivity contribution in [2.75, 3.05) is 10.6 Å². The first-order valence-corrected chi connectivity index (χ1v) is 9.58. The third kappa shape index (κ3) is 4.68. The first kappa shape index (κ1) is 20.5. The molecule has 4 aromatic rings. The summed E-state index contributed by atoms with van der Waals surface area (Å²) in [5.41, 5.74) is 7.96. The fourth-order valence-corrected chi connectivity index (χ4v) is 2.94. The highest BCUT2D eigenvalue weighted by molar-refractivity contribution is 6.07. The second-order valence-corrected chi connectivity index (χ2v) is 6.79. The second-order valence-electron chi connectivity index (χ2n) is 6.79. The first-order valence-electron chi connectivity index (χ1n) is 9.58. The van der Waals surface area contributed by atoms with Crippen molar-refractivity contribution in [3.63, 3.8) is 0 Å². The number of benzene rings is 2. The number of primary amides is 1. The Hall–Kier alpha value is -4.79. The molecule has 0 radical (unpaired) electrons. The van der Waals surface area contributed by atoms with E-state index in [-0.39, 0.29) is 17.5 Å². The standard InChI is InChI=1S/C23H18N6O3/c24-21(30)20-10-12-29(28-20)19-8-6-17(7-9-19)26-22(31)15-3-1-5-18(13-15)27-23(32)16-4-2-11-25-14-16/h1-14H,(H2,24,30)(H,26,31)(H,27,32). The van der Waals surface area contributed by atoms with E-state index in [4.69, 9.17) is 5.73 Å². The number of anilines is 2. The van der Waals surface area contributed by atoms with Crippen LogP contribution in [-0.2, 0) is 0 Å². The lowest BCUT2D eigenvalue weighted by Crippen LogP contribution is -2.15. The van der Waals surface area contributed by atoms with Crippen LogP contribution in [0.25, 0.3) is 5.69 Å². The van der Waals surface area contributed by atoms with Gasteiger partial charge in [-0.3, -0.25) is 19.4 Å². The molecule has 4 rings (SSSR count). The number of nitrogens with two attached hydrogens (primary N) is 1. The Kier molecular flexibility index (Phi) is 5.71. The Balaban J connectivity index is 1.43. The number of pyridine rings is 1. The Morgan fingerprint density at radius 1 is 0.812 bits per heavy atom. The molecule has 2 heterocycles. The number of carbonyl (C=O) groups is 3. The predicted molar refractivity (Wildman–Crippen MR) is 119 cm³/mol. The molecule has 2 aromatic heterocycles. The maximum atomic E-state index is 12.7. The lowest BCUT2D eigenvalue weighted by atomic mass is 10.1. The molecular formula is C23H18N6O3. The number of nitrogens with zero attached hydrogens (tertiary/aromatic N) is 3. The molecule has 0 unspecified atom stereocenters. The van der Waals surface area contributed by atoms with E-state index in [9.17, 15) is 14.4 Å². The zero-order valence-corrected chi connectivity index (χ0v) is 16.7. The molecule has 0 spiro atoms. The molecule has 32 heavy (non-hydrogen) atoms. The van der Waals surface area contributed by atoms with Gasteiger partial charge >= 0.3 is 0 Å². The fraction of sp³-hybridized carbons (Fsp3) is 0. The van der Waals surface area contributed by atoms with Crippen molar-refractivity contribution in [3.05, 3.63) is 102 Å². The van der Waals surface area contributed by atoms with Crippen molar-refractivity contribution < 1.29 is 14.4 Å². The number of nitrogens with one attached hydrogen (secondary N) is 2. The zero-order valence-electron chi connectivity index (χ0n) is 16.7. The minimum atomic E-state index is -0.605. The third-order valence-electron chi connectivity index (χ3n) is 4.54. The summed E-state index contributed by atoms with van der Waals surface area (Å²) < 4.78 is 1.51. The molecule has 158 valence electrons. The average Bonchev–Trinajstić information content (AvgIpc) is 3.31. The second kappa shape index (κ2) is 8.92. The van der Waals surface area contributed by atoms with E-state index < -0.39 is 5.91 Å². The smallest absolute Gasteiger partial charge is 0.269 e. The molecule has 9 nitrogen and oxygen atoms in total. The highest BCUT2D eigenvalue weighted by Gasteiger charge is 2.11. The molecule has 0 saturated heterocycles. The van der Waals surface area contributed by atoms with E-state index in [1.54, 1.807) is 73.1 Å². The van der Waals surface area contributed by atoms with E-state index in [0.29, 0.717) is 28.2 Å². The number of aromatic nitrogens is 3. The number of hydrogen-bond donors (Lipinski definition) is 3. The zero-order chi connectivity index (χ0) is 22.5. The van der Waals surface area contributed by atoms with E-state index >= 15 is 0 Å². The van der Waals surface area contributed by atoms with Crippen molar-refractivity contribution in [1.82, 2.24) is 14.8 Å². The maximum absolute atomic E-state index is 12.7. The molecule has 2 aromatic carbocycles.